The molecule has 0 amide bonds. The van der Waals surface area contributed by atoms with E-state index in [0.29, 0.717) is 6.54 Å². The molecule has 2 rings (SSSR count). The molecule has 0 saturated carbocycles. The van der Waals surface area contributed by atoms with Crippen LogP contribution in [0.5, 0.6) is 0 Å². The Morgan fingerprint density at radius 3 is 3.00 bits per heavy atom. The van der Waals surface area contributed by atoms with Crippen molar-refractivity contribution in [2.24, 2.45) is 5.73 Å². The molecule has 18 heavy (non-hydrogen) atoms. The molecule has 2 nitrogen and oxygen atoms in total. The van der Waals surface area contributed by atoms with Gasteiger partial charge in [0, 0.05) is 34.4 Å². The number of nitrogens with two attached hydrogens (primary N) is 1. The number of halogens is 2. The number of hydrogen-bond acceptors (Lipinski definition) is 3. The lowest BCUT2D eigenvalue weighted by molar-refractivity contribution is 0.217. The molecule has 1 aliphatic rings. The third-order valence-electron chi connectivity index (χ3n) is 3.24. The van der Waals surface area contributed by atoms with E-state index in [1.807, 2.05) is 30.0 Å². The van der Waals surface area contributed by atoms with E-state index in [1.165, 1.54) is 23.5 Å². The van der Waals surface area contributed by atoms with Gasteiger partial charge in [0.1, 0.15) is 0 Å². The maximum Gasteiger partial charge on any atom is 0.0482 e. The van der Waals surface area contributed by atoms with Crippen LogP contribution in [0.15, 0.2) is 22.7 Å². The van der Waals surface area contributed by atoms with Gasteiger partial charge < -0.3 is 5.73 Å². The first-order valence-corrected chi connectivity index (χ1v) is 8.51. The number of nitrogens with zero attached hydrogens (tertiary/aromatic N) is 1. The minimum Gasteiger partial charge on any atom is -0.329 e. The van der Waals surface area contributed by atoms with Crippen molar-refractivity contribution in [2.45, 2.75) is 12.5 Å². The van der Waals surface area contributed by atoms with Crippen LogP contribution in [0.3, 0.4) is 0 Å². The lowest BCUT2D eigenvalue weighted by Gasteiger charge is -2.30. The fourth-order valence-electron chi connectivity index (χ4n) is 2.32. The van der Waals surface area contributed by atoms with E-state index in [9.17, 15) is 0 Å². The van der Waals surface area contributed by atoms with E-state index in [-0.39, 0.29) is 6.04 Å². The highest BCUT2D eigenvalue weighted by molar-refractivity contribution is 9.10. The van der Waals surface area contributed by atoms with E-state index < -0.39 is 0 Å². The Hall–Kier alpha value is 0.260. The van der Waals surface area contributed by atoms with Gasteiger partial charge in [0.25, 0.3) is 0 Å². The molecule has 1 aliphatic heterocycles. The zero-order valence-corrected chi connectivity index (χ0v) is 13.4. The highest BCUT2D eigenvalue weighted by atomic mass is 79.9. The molecule has 100 valence electrons. The van der Waals surface area contributed by atoms with Crippen molar-refractivity contribution in [1.82, 2.24) is 4.90 Å². The van der Waals surface area contributed by atoms with Crippen LogP contribution in [0.1, 0.15) is 18.0 Å². The van der Waals surface area contributed by atoms with E-state index in [2.05, 4.69) is 20.8 Å². The predicted octanol–water partition coefficient (Wildman–Crippen LogP) is 3.54. The minimum atomic E-state index is 0.261. The summed E-state index contributed by atoms with van der Waals surface area (Å²) in [6.45, 7) is 2.85. The Morgan fingerprint density at radius 1 is 1.39 bits per heavy atom. The van der Waals surface area contributed by atoms with Crippen molar-refractivity contribution in [3.8, 4) is 0 Å². The van der Waals surface area contributed by atoms with Gasteiger partial charge in [-0.25, -0.2) is 0 Å². The van der Waals surface area contributed by atoms with Crippen LogP contribution in [-0.2, 0) is 0 Å². The van der Waals surface area contributed by atoms with E-state index >= 15 is 0 Å². The SMILES string of the molecule is NCC(c1cc(Cl)ccc1Br)N1CCCSCC1. The second kappa shape index (κ2) is 7.15. The molecule has 2 N–H and O–H groups in total. The second-order valence-corrected chi connectivity index (χ2v) is 6.93. The van der Waals surface area contributed by atoms with Gasteiger partial charge in [0.2, 0.25) is 0 Å². The Kier molecular flexibility index (Phi) is 5.83. The average molecular weight is 350 g/mol. The van der Waals surface area contributed by atoms with Crippen molar-refractivity contribution in [3.63, 3.8) is 0 Å². The van der Waals surface area contributed by atoms with Crippen LogP contribution in [0.25, 0.3) is 0 Å². The topological polar surface area (TPSA) is 29.3 Å². The van der Waals surface area contributed by atoms with Gasteiger partial charge in [-0.3, -0.25) is 4.90 Å². The summed E-state index contributed by atoms with van der Waals surface area (Å²) in [5, 5.41) is 0.774. The molecule has 0 aliphatic carbocycles. The number of rotatable bonds is 3. The molecule has 1 heterocycles. The van der Waals surface area contributed by atoms with Gasteiger partial charge in [-0.1, -0.05) is 27.5 Å². The second-order valence-electron chi connectivity index (χ2n) is 4.42. The summed E-state index contributed by atoms with van der Waals surface area (Å²) in [7, 11) is 0. The third kappa shape index (κ3) is 3.64. The first kappa shape index (κ1) is 14.7. The number of benzene rings is 1. The van der Waals surface area contributed by atoms with Crippen molar-refractivity contribution >= 4 is 39.3 Å². The average Bonchev–Trinajstić information content (AvgIpc) is 2.64. The predicted molar refractivity (Wildman–Crippen MR) is 84.5 cm³/mol. The van der Waals surface area contributed by atoms with Crippen molar-refractivity contribution in [3.05, 3.63) is 33.3 Å². The summed E-state index contributed by atoms with van der Waals surface area (Å²) in [6.07, 6.45) is 1.24. The van der Waals surface area contributed by atoms with Crippen LogP contribution in [-0.4, -0.2) is 36.0 Å². The van der Waals surface area contributed by atoms with E-state index in [1.54, 1.807) is 0 Å². The molecule has 0 bridgehead atoms. The molecular weight excluding hydrogens is 332 g/mol. The zero-order valence-electron chi connectivity index (χ0n) is 10.2. The van der Waals surface area contributed by atoms with Gasteiger partial charge in [-0.2, -0.15) is 11.8 Å². The number of hydrogen-bond donors (Lipinski definition) is 1. The van der Waals surface area contributed by atoms with Crippen LogP contribution in [0.2, 0.25) is 5.02 Å². The van der Waals surface area contributed by atoms with Crippen LogP contribution >= 0.6 is 39.3 Å². The van der Waals surface area contributed by atoms with Crippen molar-refractivity contribution in [2.75, 3.05) is 31.1 Å². The highest BCUT2D eigenvalue weighted by Crippen LogP contribution is 2.31. The van der Waals surface area contributed by atoms with Crippen LogP contribution in [0, 0.1) is 0 Å². The Labute approximate surface area is 126 Å². The highest BCUT2D eigenvalue weighted by Gasteiger charge is 2.22. The molecule has 1 aromatic rings. The summed E-state index contributed by atoms with van der Waals surface area (Å²) in [4.78, 5) is 2.48. The summed E-state index contributed by atoms with van der Waals surface area (Å²) < 4.78 is 1.10. The van der Waals surface area contributed by atoms with E-state index in [4.69, 9.17) is 17.3 Å². The van der Waals surface area contributed by atoms with Gasteiger partial charge >= 0.3 is 0 Å². The smallest absolute Gasteiger partial charge is 0.0482 e. The maximum atomic E-state index is 6.10. The third-order valence-corrected chi connectivity index (χ3v) is 5.24. The molecule has 1 fully saturated rings. The monoisotopic (exact) mass is 348 g/mol. The molecule has 1 saturated heterocycles. The quantitative estimate of drug-likeness (QED) is 0.905. The molecule has 1 unspecified atom stereocenters. The standard InChI is InChI=1S/C13H18BrClN2S/c14-12-3-2-10(15)8-11(12)13(9-16)17-4-1-6-18-7-5-17/h2-3,8,13H,1,4-7,9,16H2. The lowest BCUT2D eigenvalue weighted by Crippen LogP contribution is -2.35. The fraction of sp³-hybridized carbons (Fsp3) is 0.538. The van der Waals surface area contributed by atoms with Crippen LogP contribution < -0.4 is 5.73 Å². The van der Waals surface area contributed by atoms with Gasteiger partial charge in [0.05, 0.1) is 0 Å². The Morgan fingerprint density at radius 2 is 2.22 bits per heavy atom. The molecule has 5 heteroatoms. The van der Waals surface area contributed by atoms with Crippen molar-refractivity contribution in [1.29, 1.82) is 0 Å². The number of thioether (sulfide) groups is 1. The first-order valence-electron chi connectivity index (χ1n) is 6.19. The minimum absolute atomic E-state index is 0.261. The van der Waals surface area contributed by atoms with Gasteiger partial charge in [-0.15, -0.1) is 0 Å². The molecule has 0 spiro atoms. The summed E-state index contributed by atoms with van der Waals surface area (Å²) in [5.74, 6) is 2.44. The maximum absolute atomic E-state index is 6.10. The summed E-state index contributed by atoms with van der Waals surface area (Å²) >= 11 is 11.7. The molecular formula is C13H18BrClN2S. The fourth-order valence-corrected chi connectivity index (χ4v) is 3.91. The zero-order chi connectivity index (χ0) is 13.0. The van der Waals surface area contributed by atoms with E-state index in [0.717, 1.165) is 22.6 Å². The largest absolute Gasteiger partial charge is 0.329 e. The summed E-state index contributed by atoms with van der Waals surface area (Å²) in [6, 6.07) is 6.20. The van der Waals surface area contributed by atoms with Gasteiger partial charge in [-0.05, 0) is 42.5 Å². The summed E-state index contributed by atoms with van der Waals surface area (Å²) in [5.41, 5.74) is 7.20. The molecule has 0 radical (unpaired) electrons. The molecule has 1 aromatic carbocycles. The first-order chi connectivity index (χ1) is 8.72. The lowest BCUT2D eigenvalue weighted by atomic mass is 10.1. The Balaban J connectivity index is 2.23. The van der Waals surface area contributed by atoms with Crippen LogP contribution in [0.4, 0.5) is 0 Å². The molecule has 0 aromatic heterocycles. The Bertz CT molecular complexity index is 395. The molecule has 1 atom stereocenters. The van der Waals surface area contributed by atoms with Crippen molar-refractivity contribution < 1.29 is 0 Å². The normalized spacial score (nSPS) is 19.5. The van der Waals surface area contributed by atoms with Gasteiger partial charge in [0.15, 0.2) is 0 Å².